The Bertz CT molecular complexity index is 901. The van der Waals surface area contributed by atoms with Crippen LogP contribution in [-0.4, -0.2) is 54.1 Å². The minimum Gasteiger partial charge on any atom is -0.478 e. The van der Waals surface area contributed by atoms with Crippen LogP contribution in [0.2, 0.25) is 0 Å². The predicted octanol–water partition coefficient (Wildman–Crippen LogP) is 1.54. The van der Waals surface area contributed by atoms with Crippen LogP contribution >= 0.6 is 0 Å². The van der Waals surface area contributed by atoms with Gasteiger partial charge < -0.3 is 15.3 Å². The number of rotatable bonds is 5. The highest BCUT2D eigenvalue weighted by molar-refractivity contribution is 7.91. The van der Waals surface area contributed by atoms with E-state index in [1.807, 2.05) is 0 Å². The Morgan fingerprint density at radius 2 is 2.16 bits per heavy atom. The Morgan fingerprint density at radius 1 is 1.36 bits per heavy atom. The molecule has 132 valence electrons. The molecule has 0 radical (unpaired) electrons. The predicted molar refractivity (Wildman–Crippen MR) is 94.2 cm³/mol. The molecular weight excluding hydrogens is 344 g/mol. The smallest absolute Gasteiger partial charge is 0.335 e. The number of aromatic nitrogens is 2. The molecule has 0 amide bonds. The number of anilines is 3. The van der Waals surface area contributed by atoms with Gasteiger partial charge in [0.1, 0.15) is 5.82 Å². The molecule has 9 heteroatoms. The number of sulfone groups is 1. The van der Waals surface area contributed by atoms with Crippen molar-refractivity contribution in [3.8, 4) is 0 Å². The number of nitrogens with zero attached hydrogens (tertiary/aromatic N) is 3. The molecule has 1 fully saturated rings. The molecule has 1 aliphatic heterocycles. The van der Waals surface area contributed by atoms with Crippen LogP contribution in [0.1, 0.15) is 16.8 Å². The average molecular weight is 362 g/mol. The molecule has 1 saturated heterocycles. The van der Waals surface area contributed by atoms with E-state index >= 15 is 0 Å². The molecule has 8 nitrogen and oxygen atoms in total. The minimum atomic E-state index is -2.99. The molecule has 1 unspecified atom stereocenters. The van der Waals surface area contributed by atoms with Gasteiger partial charge in [-0.2, -0.15) is 4.98 Å². The summed E-state index contributed by atoms with van der Waals surface area (Å²) in [6.45, 7) is 0. The molecule has 2 aromatic rings. The van der Waals surface area contributed by atoms with E-state index in [4.69, 9.17) is 5.11 Å². The number of aromatic carboxylic acids is 1. The van der Waals surface area contributed by atoms with Crippen LogP contribution in [-0.2, 0) is 9.84 Å². The maximum Gasteiger partial charge on any atom is 0.335 e. The topological polar surface area (TPSA) is 112 Å². The summed E-state index contributed by atoms with van der Waals surface area (Å²) in [6.07, 6.45) is 2.13. The fourth-order valence-electron chi connectivity index (χ4n) is 2.71. The van der Waals surface area contributed by atoms with Crippen molar-refractivity contribution >= 4 is 33.3 Å². The Kier molecular flexibility index (Phi) is 4.58. The SMILES string of the molecule is CN(c1nccc(Nc2cccc(C(=O)O)c2)n1)C1CCS(=O)(=O)C1. The van der Waals surface area contributed by atoms with Gasteiger partial charge in [-0.15, -0.1) is 0 Å². The van der Waals surface area contributed by atoms with Crippen LogP contribution in [0.5, 0.6) is 0 Å². The van der Waals surface area contributed by atoms with Gasteiger partial charge in [0.15, 0.2) is 9.84 Å². The summed E-state index contributed by atoms with van der Waals surface area (Å²) < 4.78 is 23.3. The molecule has 25 heavy (non-hydrogen) atoms. The van der Waals surface area contributed by atoms with Crippen LogP contribution in [0.4, 0.5) is 17.5 Å². The van der Waals surface area contributed by atoms with Gasteiger partial charge in [-0.05, 0) is 30.7 Å². The first-order valence-electron chi connectivity index (χ1n) is 7.71. The minimum absolute atomic E-state index is 0.102. The zero-order valence-corrected chi connectivity index (χ0v) is 14.4. The summed E-state index contributed by atoms with van der Waals surface area (Å²) in [4.78, 5) is 21.4. The van der Waals surface area contributed by atoms with Crippen molar-refractivity contribution in [1.29, 1.82) is 0 Å². The second-order valence-electron chi connectivity index (χ2n) is 5.92. The Labute approximate surface area is 145 Å². The zero-order chi connectivity index (χ0) is 18.0. The van der Waals surface area contributed by atoms with E-state index in [9.17, 15) is 13.2 Å². The number of carboxylic acid groups (broad SMARTS) is 1. The Morgan fingerprint density at radius 3 is 2.84 bits per heavy atom. The monoisotopic (exact) mass is 362 g/mol. The first-order chi connectivity index (χ1) is 11.8. The third kappa shape index (κ3) is 4.05. The summed E-state index contributed by atoms with van der Waals surface area (Å²) in [7, 11) is -1.22. The van der Waals surface area contributed by atoms with Gasteiger partial charge in [-0.25, -0.2) is 18.2 Å². The van der Waals surface area contributed by atoms with Gasteiger partial charge in [0.05, 0.1) is 17.1 Å². The highest BCUT2D eigenvalue weighted by Crippen LogP contribution is 2.22. The molecule has 2 N–H and O–H groups in total. The largest absolute Gasteiger partial charge is 0.478 e. The molecule has 1 aromatic carbocycles. The van der Waals surface area contributed by atoms with E-state index in [0.29, 0.717) is 23.9 Å². The lowest BCUT2D eigenvalue weighted by atomic mass is 10.2. The molecule has 1 aromatic heterocycles. The van der Waals surface area contributed by atoms with E-state index in [-0.39, 0.29) is 23.1 Å². The molecular formula is C16H18N4O4S. The summed E-state index contributed by atoms with van der Waals surface area (Å²) in [5.74, 6) is 0.198. The highest BCUT2D eigenvalue weighted by Gasteiger charge is 2.31. The first-order valence-corrected chi connectivity index (χ1v) is 9.53. The second-order valence-corrected chi connectivity index (χ2v) is 8.15. The third-order valence-corrected chi connectivity index (χ3v) is 5.85. The van der Waals surface area contributed by atoms with Gasteiger partial charge >= 0.3 is 5.97 Å². The molecule has 0 bridgehead atoms. The summed E-state index contributed by atoms with van der Waals surface area (Å²) in [5, 5.41) is 12.1. The van der Waals surface area contributed by atoms with Gasteiger partial charge in [0, 0.05) is 25.0 Å². The van der Waals surface area contributed by atoms with Gasteiger partial charge in [0.25, 0.3) is 0 Å². The van der Waals surface area contributed by atoms with E-state index < -0.39 is 15.8 Å². The maximum atomic E-state index is 11.6. The number of hydrogen-bond acceptors (Lipinski definition) is 7. The fourth-order valence-corrected chi connectivity index (χ4v) is 4.48. The highest BCUT2D eigenvalue weighted by atomic mass is 32.2. The normalized spacial score (nSPS) is 18.7. The number of carboxylic acids is 1. The lowest BCUT2D eigenvalue weighted by Gasteiger charge is -2.23. The van der Waals surface area contributed by atoms with E-state index in [0.717, 1.165) is 0 Å². The Hall–Kier alpha value is -2.68. The molecule has 3 rings (SSSR count). The van der Waals surface area contributed by atoms with Crippen molar-refractivity contribution in [1.82, 2.24) is 9.97 Å². The summed E-state index contributed by atoms with van der Waals surface area (Å²) in [6, 6.07) is 7.92. The van der Waals surface area contributed by atoms with Crippen LogP contribution in [0.15, 0.2) is 36.5 Å². The molecule has 2 heterocycles. The number of nitrogens with one attached hydrogen (secondary N) is 1. The standard InChI is InChI=1S/C16H18N4O4S/c1-20(13-6-8-25(23,24)10-13)16-17-7-5-14(19-16)18-12-4-2-3-11(9-12)15(21)22/h2-5,7,9,13H,6,8,10H2,1H3,(H,21,22)(H,17,18,19). The summed E-state index contributed by atoms with van der Waals surface area (Å²) in [5.41, 5.74) is 0.767. The Balaban J connectivity index is 1.78. The fraction of sp³-hybridized carbons (Fsp3) is 0.312. The summed E-state index contributed by atoms with van der Waals surface area (Å²) >= 11 is 0. The number of carbonyl (C=O) groups is 1. The van der Waals surface area contributed by atoms with Gasteiger partial charge in [-0.1, -0.05) is 6.07 Å². The van der Waals surface area contributed by atoms with Crippen LogP contribution < -0.4 is 10.2 Å². The number of hydrogen-bond donors (Lipinski definition) is 2. The van der Waals surface area contributed by atoms with Gasteiger partial charge in [0.2, 0.25) is 5.95 Å². The van der Waals surface area contributed by atoms with Crippen LogP contribution in [0, 0.1) is 0 Å². The van der Waals surface area contributed by atoms with E-state index in [1.54, 1.807) is 36.3 Å². The lowest BCUT2D eigenvalue weighted by Crippen LogP contribution is -2.33. The average Bonchev–Trinajstić information content (AvgIpc) is 2.94. The lowest BCUT2D eigenvalue weighted by molar-refractivity contribution is 0.0697. The quantitative estimate of drug-likeness (QED) is 0.824. The third-order valence-electron chi connectivity index (χ3n) is 4.10. The van der Waals surface area contributed by atoms with Crippen LogP contribution in [0.25, 0.3) is 0 Å². The van der Waals surface area contributed by atoms with Gasteiger partial charge in [-0.3, -0.25) is 0 Å². The molecule has 1 aliphatic rings. The molecule has 0 spiro atoms. The van der Waals surface area contributed by atoms with Crippen LogP contribution in [0.3, 0.4) is 0 Å². The molecule has 1 atom stereocenters. The van der Waals surface area contributed by atoms with Crippen molar-refractivity contribution in [2.75, 3.05) is 28.8 Å². The van der Waals surface area contributed by atoms with Crippen molar-refractivity contribution in [2.24, 2.45) is 0 Å². The van der Waals surface area contributed by atoms with Crippen molar-refractivity contribution in [3.05, 3.63) is 42.1 Å². The van der Waals surface area contributed by atoms with Crippen molar-refractivity contribution in [3.63, 3.8) is 0 Å². The van der Waals surface area contributed by atoms with E-state index in [1.165, 1.54) is 12.1 Å². The number of benzene rings is 1. The zero-order valence-electron chi connectivity index (χ0n) is 13.6. The van der Waals surface area contributed by atoms with E-state index in [2.05, 4.69) is 15.3 Å². The first kappa shape index (κ1) is 17.2. The molecule has 0 saturated carbocycles. The maximum absolute atomic E-state index is 11.6. The van der Waals surface area contributed by atoms with Crippen molar-refractivity contribution in [2.45, 2.75) is 12.5 Å². The van der Waals surface area contributed by atoms with Crippen molar-refractivity contribution < 1.29 is 18.3 Å². The molecule has 0 aliphatic carbocycles. The second kappa shape index (κ2) is 6.67.